The summed E-state index contributed by atoms with van der Waals surface area (Å²) in [6.45, 7) is 4.35. The SMILES string of the molecule is CC1CC2CC(C1)CC(C)([C@H](N[C@@H](CO)c1ccccc1)C(=O)O)C2. The lowest BCUT2D eigenvalue weighted by Crippen LogP contribution is -2.54. The predicted molar refractivity (Wildman–Crippen MR) is 98.2 cm³/mol. The Balaban J connectivity index is 1.80. The molecule has 0 spiro atoms. The van der Waals surface area contributed by atoms with Gasteiger partial charge in [0.05, 0.1) is 12.6 Å². The minimum Gasteiger partial charge on any atom is -0.480 e. The van der Waals surface area contributed by atoms with E-state index in [9.17, 15) is 15.0 Å². The number of aliphatic hydroxyl groups is 1. The third kappa shape index (κ3) is 4.06. The van der Waals surface area contributed by atoms with Crippen molar-refractivity contribution < 1.29 is 15.0 Å². The maximum atomic E-state index is 12.1. The fourth-order valence-electron chi connectivity index (χ4n) is 5.58. The van der Waals surface area contributed by atoms with Gasteiger partial charge in [0.2, 0.25) is 0 Å². The number of benzene rings is 1. The summed E-state index contributed by atoms with van der Waals surface area (Å²) in [5.41, 5.74) is 0.673. The third-order valence-electron chi connectivity index (χ3n) is 6.34. The second-order valence-electron chi connectivity index (χ2n) is 8.69. The van der Waals surface area contributed by atoms with Crippen LogP contribution in [0.3, 0.4) is 0 Å². The molecule has 2 unspecified atom stereocenters. The number of rotatable bonds is 6. The topological polar surface area (TPSA) is 69.6 Å². The highest BCUT2D eigenvalue weighted by atomic mass is 16.4. The molecule has 4 atom stereocenters. The Labute approximate surface area is 150 Å². The first-order valence-corrected chi connectivity index (χ1v) is 9.56. The molecule has 0 saturated heterocycles. The summed E-state index contributed by atoms with van der Waals surface area (Å²) >= 11 is 0. The molecular weight excluding hydrogens is 314 g/mol. The summed E-state index contributed by atoms with van der Waals surface area (Å²) in [7, 11) is 0. The van der Waals surface area contributed by atoms with Crippen LogP contribution in [0.25, 0.3) is 0 Å². The largest absolute Gasteiger partial charge is 0.480 e. The molecule has 0 aromatic heterocycles. The molecule has 2 saturated carbocycles. The van der Waals surface area contributed by atoms with Gasteiger partial charge in [-0.05, 0) is 60.8 Å². The quantitative estimate of drug-likeness (QED) is 0.736. The van der Waals surface area contributed by atoms with E-state index in [2.05, 4.69) is 19.2 Å². The van der Waals surface area contributed by atoms with Crippen LogP contribution in [0.1, 0.15) is 57.6 Å². The first-order chi connectivity index (χ1) is 11.9. The Hall–Kier alpha value is -1.39. The first-order valence-electron chi connectivity index (χ1n) is 9.56. The average molecular weight is 345 g/mol. The summed E-state index contributed by atoms with van der Waals surface area (Å²) in [4.78, 5) is 12.1. The number of aliphatic carboxylic acids is 1. The molecule has 4 nitrogen and oxygen atoms in total. The second-order valence-corrected chi connectivity index (χ2v) is 8.69. The number of fused-ring (bicyclic) bond motifs is 2. The fourth-order valence-corrected chi connectivity index (χ4v) is 5.58. The van der Waals surface area contributed by atoms with Crippen LogP contribution in [-0.4, -0.2) is 28.8 Å². The van der Waals surface area contributed by atoms with Gasteiger partial charge in [-0.25, -0.2) is 0 Å². The van der Waals surface area contributed by atoms with Crippen LogP contribution in [0.5, 0.6) is 0 Å². The van der Waals surface area contributed by atoms with Crippen LogP contribution < -0.4 is 5.32 Å². The van der Waals surface area contributed by atoms with Crippen LogP contribution in [0, 0.1) is 23.2 Å². The number of hydrogen-bond donors (Lipinski definition) is 3. The van der Waals surface area contributed by atoms with E-state index in [0.717, 1.165) is 24.3 Å². The van der Waals surface area contributed by atoms with Crippen LogP contribution in [0.15, 0.2) is 30.3 Å². The number of hydrogen-bond acceptors (Lipinski definition) is 3. The molecule has 2 aliphatic carbocycles. The van der Waals surface area contributed by atoms with Crippen molar-refractivity contribution in [2.45, 2.75) is 58.0 Å². The number of carbonyl (C=O) groups is 1. The predicted octanol–water partition coefficient (Wildman–Crippen LogP) is 3.62. The summed E-state index contributed by atoms with van der Waals surface area (Å²) in [6, 6.07) is 8.66. The van der Waals surface area contributed by atoms with Gasteiger partial charge in [-0.1, -0.05) is 44.2 Å². The lowest BCUT2D eigenvalue weighted by atomic mass is 9.57. The molecule has 1 aromatic carbocycles. The van der Waals surface area contributed by atoms with Gasteiger partial charge in [-0.15, -0.1) is 0 Å². The van der Waals surface area contributed by atoms with Crippen molar-refractivity contribution in [3.8, 4) is 0 Å². The molecule has 3 rings (SSSR count). The molecule has 0 heterocycles. The highest BCUT2D eigenvalue weighted by molar-refractivity contribution is 5.74. The Morgan fingerprint density at radius 2 is 1.80 bits per heavy atom. The van der Waals surface area contributed by atoms with E-state index in [-0.39, 0.29) is 18.1 Å². The minimum atomic E-state index is -0.801. The summed E-state index contributed by atoms with van der Waals surface area (Å²) in [5, 5.41) is 23.1. The highest BCUT2D eigenvalue weighted by Crippen LogP contribution is 2.51. The monoisotopic (exact) mass is 345 g/mol. The third-order valence-corrected chi connectivity index (χ3v) is 6.34. The molecule has 4 heteroatoms. The lowest BCUT2D eigenvalue weighted by molar-refractivity contribution is -0.145. The molecule has 0 aliphatic heterocycles. The molecule has 25 heavy (non-hydrogen) atoms. The van der Waals surface area contributed by atoms with Crippen molar-refractivity contribution >= 4 is 5.97 Å². The van der Waals surface area contributed by atoms with Crippen molar-refractivity contribution in [3.63, 3.8) is 0 Å². The van der Waals surface area contributed by atoms with Gasteiger partial charge in [0, 0.05) is 0 Å². The minimum absolute atomic E-state index is 0.103. The Morgan fingerprint density at radius 1 is 1.20 bits per heavy atom. The second kappa shape index (κ2) is 7.46. The smallest absolute Gasteiger partial charge is 0.321 e. The standard InChI is InChI=1S/C21H31NO3/c1-14-8-15-10-16(9-14)12-21(2,11-15)19(20(24)25)22-18(13-23)17-6-4-3-5-7-17/h3-7,14-16,18-19,22-23H,8-13H2,1-2H3,(H,24,25)/t14?,15?,16?,18-,19+,21?/m0/s1. The number of nitrogens with one attached hydrogen (secondary N) is 1. The van der Waals surface area contributed by atoms with E-state index in [1.807, 2.05) is 30.3 Å². The van der Waals surface area contributed by atoms with Gasteiger partial charge >= 0.3 is 5.97 Å². The van der Waals surface area contributed by atoms with Crippen molar-refractivity contribution in [1.82, 2.24) is 5.32 Å². The Kier molecular flexibility index (Phi) is 5.49. The zero-order valence-corrected chi connectivity index (χ0v) is 15.3. The molecule has 0 radical (unpaired) electrons. The Bertz CT molecular complexity index is 570. The van der Waals surface area contributed by atoms with Crippen LogP contribution in [0.4, 0.5) is 0 Å². The normalized spacial score (nSPS) is 34.3. The van der Waals surface area contributed by atoms with E-state index < -0.39 is 12.0 Å². The van der Waals surface area contributed by atoms with E-state index >= 15 is 0 Å². The maximum absolute atomic E-state index is 12.1. The molecule has 2 bridgehead atoms. The summed E-state index contributed by atoms with van der Waals surface area (Å²) < 4.78 is 0. The molecule has 138 valence electrons. The van der Waals surface area contributed by atoms with Gasteiger partial charge in [-0.3, -0.25) is 10.1 Å². The van der Waals surface area contributed by atoms with Gasteiger partial charge in [0.15, 0.2) is 0 Å². The summed E-state index contributed by atoms with van der Waals surface area (Å²) in [6.07, 6.45) is 5.63. The first kappa shape index (κ1) is 18.4. The zero-order chi connectivity index (χ0) is 18.0. The van der Waals surface area contributed by atoms with Crippen molar-refractivity contribution in [3.05, 3.63) is 35.9 Å². The highest BCUT2D eigenvalue weighted by Gasteiger charge is 2.48. The molecule has 2 aliphatic rings. The van der Waals surface area contributed by atoms with E-state index in [4.69, 9.17) is 0 Å². The average Bonchev–Trinajstić information content (AvgIpc) is 2.54. The lowest BCUT2D eigenvalue weighted by Gasteiger charge is -2.50. The van der Waals surface area contributed by atoms with E-state index in [1.54, 1.807) is 0 Å². The molecular formula is C21H31NO3. The molecule has 1 aromatic rings. The molecule has 0 amide bonds. The molecule has 3 N–H and O–H groups in total. The van der Waals surface area contributed by atoms with Gasteiger partial charge in [0.1, 0.15) is 6.04 Å². The van der Waals surface area contributed by atoms with Crippen LogP contribution in [-0.2, 0) is 4.79 Å². The summed E-state index contributed by atoms with van der Waals surface area (Å²) in [5.74, 6) is 1.24. The van der Waals surface area contributed by atoms with E-state index in [0.29, 0.717) is 11.8 Å². The number of carboxylic acid groups (broad SMARTS) is 1. The fraction of sp³-hybridized carbons (Fsp3) is 0.667. The van der Waals surface area contributed by atoms with Gasteiger partial charge < -0.3 is 10.2 Å². The van der Waals surface area contributed by atoms with Crippen molar-refractivity contribution in [2.24, 2.45) is 23.2 Å². The van der Waals surface area contributed by atoms with Crippen molar-refractivity contribution in [2.75, 3.05) is 6.61 Å². The van der Waals surface area contributed by atoms with Crippen LogP contribution >= 0.6 is 0 Å². The zero-order valence-electron chi connectivity index (χ0n) is 15.3. The van der Waals surface area contributed by atoms with Crippen molar-refractivity contribution in [1.29, 1.82) is 0 Å². The number of aliphatic hydroxyl groups excluding tert-OH is 1. The van der Waals surface area contributed by atoms with E-state index in [1.165, 1.54) is 19.3 Å². The van der Waals surface area contributed by atoms with Gasteiger partial charge in [-0.2, -0.15) is 0 Å². The van der Waals surface area contributed by atoms with Crippen LogP contribution in [0.2, 0.25) is 0 Å². The number of carboxylic acids is 1. The molecule has 2 fully saturated rings. The maximum Gasteiger partial charge on any atom is 0.321 e. The Morgan fingerprint density at radius 3 is 2.32 bits per heavy atom. The van der Waals surface area contributed by atoms with Gasteiger partial charge in [0.25, 0.3) is 0 Å².